The van der Waals surface area contributed by atoms with Crippen molar-refractivity contribution in [3.05, 3.63) is 45.9 Å². The second-order valence-corrected chi connectivity index (χ2v) is 5.28. The van der Waals surface area contributed by atoms with Gasteiger partial charge in [-0.15, -0.1) is 22.9 Å². The highest BCUT2D eigenvalue weighted by atomic mass is 35.5. The molecule has 0 fully saturated rings. The van der Waals surface area contributed by atoms with Gasteiger partial charge in [0, 0.05) is 24.0 Å². The van der Waals surface area contributed by atoms with E-state index in [0.717, 1.165) is 22.4 Å². The van der Waals surface area contributed by atoms with Crippen LogP contribution in [0.1, 0.15) is 11.3 Å². The molecule has 0 atom stereocenters. The van der Waals surface area contributed by atoms with Crippen molar-refractivity contribution >= 4 is 39.7 Å². The molecule has 0 amide bonds. The second-order valence-electron chi connectivity index (χ2n) is 3.74. The van der Waals surface area contributed by atoms with Crippen LogP contribution in [-0.2, 0) is 12.4 Å². The lowest BCUT2D eigenvalue weighted by atomic mass is 10.2. The minimum absolute atomic E-state index is 0.460. The topological polar surface area (TPSA) is 16.1 Å². The summed E-state index contributed by atoms with van der Waals surface area (Å²) in [5.41, 5.74) is 2.09. The van der Waals surface area contributed by atoms with E-state index in [-0.39, 0.29) is 0 Å². The minimum Gasteiger partial charge on any atom is -0.347 e. The fraction of sp³-hybridized carbons (Fsp3) is 0.250. The summed E-state index contributed by atoms with van der Waals surface area (Å²) in [6.45, 7) is 0.787. The van der Waals surface area contributed by atoms with Gasteiger partial charge in [-0.2, -0.15) is 0 Å². The molecular formula is C12H12Cl2N2S. The van der Waals surface area contributed by atoms with Gasteiger partial charge >= 0.3 is 0 Å². The molecule has 0 saturated heterocycles. The first-order valence-electron chi connectivity index (χ1n) is 5.15. The van der Waals surface area contributed by atoms with Gasteiger partial charge in [-0.25, -0.2) is 4.98 Å². The molecule has 0 aliphatic rings. The highest BCUT2D eigenvalue weighted by Crippen LogP contribution is 2.22. The van der Waals surface area contributed by atoms with Crippen molar-refractivity contribution in [3.63, 3.8) is 0 Å². The van der Waals surface area contributed by atoms with Crippen molar-refractivity contribution in [1.82, 2.24) is 4.98 Å². The molecule has 90 valence electrons. The summed E-state index contributed by atoms with van der Waals surface area (Å²) in [6, 6.07) is 7.85. The Balaban J connectivity index is 2.08. The van der Waals surface area contributed by atoms with E-state index in [0.29, 0.717) is 5.88 Å². The van der Waals surface area contributed by atoms with E-state index in [1.807, 2.05) is 30.6 Å². The van der Waals surface area contributed by atoms with Gasteiger partial charge in [0.1, 0.15) is 0 Å². The Labute approximate surface area is 115 Å². The molecule has 0 aliphatic carbocycles. The molecule has 2 aromatic rings. The second kappa shape index (κ2) is 5.71. The van der Waals surface area contributed by atoms with Gasteiger partial charge in [0.25, 0.3) is 0 Å². The number of halogens is 2. The van der Waals surface area contributed by atoms with Crippen molar-refractivity contribution in [2.45, 2.75) is 12.4 Å². The fourth-order valence-electron chi connectivity index (χ4n) is 1.51. The molecule has 0 unspecified atom stereocenters. The summed E-state index contributed by atoms with van der Waals surface area (Å²) in [7, 11) is 2.01. The number of nitrogens with zero attached hydrogens (tertiary/aromatic N) is 2. The van der Waals surface area contributed by atoms with Crippen LogP contribution < -0.4 is 4.90 Å². The Morgan fingerprint density at radius 2 is 2.24 bits per heavy atom. The normalized spacial score (nSPS) is 10.5. The van der Waals surface area contributed by atoms with Crippen molar-refractivity contribution in [2.24, 2.45) is 0 Å². The maximum absolute atomic E-state index is 5.95. The largest absolute Gasteiger partial charge is 0.347 e. The molecule has 5 heteroatoms. The SMILES string of the molecule is CN(Cc1cccc(Cl)c1)c1nc(CCl)cs1. The number of alkyl halides is 1. The third-order valence-electron chi connectivity index (χ3n) is 2.31. The highest BCUT2D eigenvalue weighted by Gasteiger charge is 2.07. The van der Waals surface area contributed by atoms with Crippen LogP contribution >= 0.6 is 34.5 Å². The van der Waals surface area contributed by atoms with Crippen LogP contribution in [0.3, 0.4) is 0 Å². The average Bonchev–Trinajstić information content (AvgIpc) is 2.77. The first-order valence-corrected chi connectivity index (χ1v) is 6.94. The predicted octanol–water partition coefficient (Wildman–Crippen LogP) is 4.17. The number of anilines is 1. The summed E-state index contributed by atoms with van der Waals surface area (Å²) in [5, 5.41) is 3.72. The van der Waals surface area contributed by atoms with Crippen LogP contribution in [0.15, 0.2) is 29.6 Å². The Morgan fingerprint density at radius 1 is 1.41 bits per heavy atom. The standard InChI is InChI=1S/C12H12Cl2N2S/c1-16(12-15-11(6-13)8-17-12)7-9-3-2-4-10(14)5-9/h2-5,8H,6-7H2,1H3. The van der Waals surface area contributed by atoms with Crippen LogP contribution in [0.4, 0.5) is 5.13 Å². The number of rotatable bonds is 4. The molecule has 0 N–H and O–H groups in total. The van der Waals surface area contributed by atoms with Crippen LogP contribution in [0.25, 0.3) is 0 Å². The summed E-state index contributed by atoms with van der Waals surface area (Å²) >= 11 is 13.3. The predicted molar refractivity (Wildman–Crippen MR) is 75.2 cm³/mol. The maximum atomic E-state index is 5.95. The minimum atomic E-state index is 0.460. The summed E-state index contributed by atoms with van der Waals surface area (Å²) in [4.78, 5) is 6.52. The van der Waals surface area contributed by atoms with E-state index >= 15 is 0 Å². The van der Waals surface area contributed by atoms with Gasteiger partial charge in [0.15, 0.2) is 5.13 Å². The van der Waals surface area contributed by atoms with E-state index < -0.39 is 0 Å². The zero-order valence-corrected chi connectivity index (χ0v) is 11.7. The molecule has 1 aromatic carbocycles. The van der Waals surface area contributed by atoms with E-state index in [1.54, 1.807) is 11.3 Å². The van der Waals surface area contributed by atoms with Crippen molar-refractivity contribution < 1.29 is 0 Å². The van der Waals surface area contributed by atoms with Gasteiger partial charge in [-0.1, -0.05) is 23.7 Å². The number of aromatic nitrogens is 1. The van der Waals surface area contributed by atoms with Gasteiger partial charge in [0.2, 0.25) is 0 Å². The molecular weight excluding hydrogens is 275 g/mol. The summed E-state index contributed by atoms with van der Waals surface area (Å²) in [6.07, 6.45) is 0. The lowest BCUT2D eigenvalue weighted by Crippen LogP contribution is -2.16. The Bertz CT molecular complexity index is 499. The summed E-state index contributed by atoms with van der Waals surface area (Å²) < 4.78 is 0. The first kappa shape index (κ1) is 12.7. The average molecular weight is 287 g/mol. The molecule has 0 radical (unpaired) electrons. The van der Waals surface area contributed by atoms with E-state index in [4.69, 9.17) is 23.2 Å². The van der Waals surface area contributed by atoms with Gasteiger partial charge in [-0.3, -0.25) is 0 Å². The Hall–Kier alpha value is -0.770. The number of benzene rings is 1. The highest BCUT2D eigenvalue weighted by molar-refractivity contribution is 7.13. The fourth-order valence-corrected chi connectivity index (χ4v) is 2.74. The van der Waals surface area contributed by atoms with Crippen molar-refractivity contribution in [2.75, 3.05) is 11.9 Å². The Morgan fingerprint density at radius 3 is 2.88 bits per heavy atom. The quantitative estimate of drug-likeness (QED) is 0.784. The van der Waals surface area contributed by atoms with Gasteiger partial charge < -0.3 is 4.90 Å². The first-order chi connectivity index (χ1) is 8.19. The lowest BCUT2D eigenvalue weighted by molar-refractivity contribution is 0.910. The van der Waals surface area contributed by atoms with Crippen molar-refractivity contribution in [3.8, 4) is 0 Å². The lowest BCUT2D eigenvalue weighted by Gasteiger charge is -2.15. The zero-order valence-electron chi connectivity index (χ0n) is 9.36. The molecule has 17 heavy (non-hydrogen) atoms. The molecule has 1 heterocycles. The van der Waals surface area contributed by atoms with Crippen LogP contribution in [0, 0.1) is 0 Å². The molecule has 0 spiro atoms. The third-order valence-corrected chi connectivity index (χ3v) is 3.82. The number of hydrogen-bond donors (Lipinski definition) is 0. The van der Waals surface area contributed by atoms with Crippen LogP contribution in [0.2, 0.25) is 5.02 Å². The Kier molecular flexibility index (Phi) is 4.26. The molecule has 0 saturated carbocycles. The monoisotopic (exact) mass is 286 g/mol. The zero-order chi connectivity index (χ0) is 12.3. The maximum Gasteiger partial charge on any atom is 0.185 e. The van der Waals surface area contributed by atoms with Crippen LogP contribution in [0.5, 0.6) is 0 Å². The van der Waals surface area contributed by atoms with Crippen LogP contribution in [-0.4, -0.2) is 12.0 Å². The van der Waals surface area contributed by atoms with Crippen molar-refractivity contribution in [1.29, 1.82) is 0 Å². The number of thiazole rings is 1. The molecule has 1 aromatic heterocycles. The molecule has 2 nitrogen and oxygen atoms in total. The third kappa shape index (κ3) is 3.35. The van der Waals surface area contributed by atoms with Gasteiger partial charge in [-0.05, 0) is 17.7 Å². The van der Waals surface area contributed by atoms with Gasteiger partial charge in [0.05, 0.1) is 11.6 Å². The molecule has 2 rings (SSSR count). The smallest absolute Gasteiger partial charge is 0.185 e. The van der Waals surface area contributed by atoms with E-state index in [1.165, 1.54) is 5.56 Å². The molecule has 0 bridgehead atoms. The molecule has 0 aliphatic heterocycles. The summed E-state index contributed by atoms with van der Waals surface area (Å²) in [5.74, 6) is 0.460. The number of hydrogen-bond acceptors (Lipinski definition) is 3. The van der Waals surface area contributed by atoms with E-state index in [9.17, 15) is 0 Å². The van der Waals surface area contributed by atoms with E-state index in [2.05, 4.69) is 16.0 Å².